The van der Waals surface area contributed by atoms with Crippen LogP contribution < -0.4 is 9.46 Å². The molecule has 10 heteroatoms. The van der Waals surface area contributed by atoms with Crippen molar-refractivity contribution >= 4 is 61.9 Å². The second-order valence-corrected chi connectivity index (χ2v) is 11.5. The Balaban J connectivity index is 1.56. The summed E-state index contributed by atoms with van der Waals surface area (Å²) >= 11 is 19.6. The van der Waals surface area contributed by atoms with Crippen LogP contribution in [0.1, 0.15) is 6.42 Å². The predicted molar refractivity (Wildman–Crippen MR) is 129 cm³/mol. The molecule has 1 fully saturated rings. The van der Waals surface area contributed by atoms with E-state index in [1.54, 1.807) is 42.5 Å². The van der Waals surface area contributed by atoms with Crippen molar-refractivity contribution in [2.45, 2.75) is 16.7 Å². The van der Waals surface area contributed by atoms with Crippen LogP contribution in [0.2, 0.25) is 15.1 Å². The van der Waals surface area contributed by atoms with Gasteiger partial charge in [0.05, 0.1) is 20.6 Å². The number of likely N-dealkylation sites (tertiary alicyclic amines) is 1. The summed E-state index contributed by atoms with van der Waals surface area (Å²) in [4.78, 5) is 2.83. The molecule has 1 aliphatic heterocycles. The summed E-state index contributed by atoms with van der Waals surface area (Å²) in [6, 6.07) is 13.3. The summed E-state index contributed by atoms with van der Waals surface area (Å²) in [6.07, 6.45) is 0.914. The molecule has 0 spiro atoms. The molecule has 1 atom stereocenters. The lowest BCUT2D eigenvalue weighted by Gasteiger charge is -2.16. The van der Waals surface area contributed by atoms with Crippen molar-refractivity contribution in [1.82, 2.24) is 4.90 Å². The number of nitrogens with one attached hydrogen (secondary N) is 1. The number of rotatable bonds is 6. The number of hydrogen-bond acceptors (Lipinski definition) is 5. The van der Waals surface area contributed by atoms with E-state index in [0.717, 1.165) is 36.4 Å². The van der Waals surface area contributed by atoms with Crippen LogP contribution in [0.15, 0.2) is 52.7 Å². The molecule has 164 valence electrons. The Morgan fingerprint density at radius 2 is 1.81 bits per heavy atom. The summed E-state index contributed by atoms with van der Waals surface area (Å²) in [5, 5.41) is 1.39. The normalized spacial score (nSPS) is 17.1. The van der Waals surface area contributed by atoms with Crippen molar-refractivity contribution in [2.24, 2.45) is 0 Å². The molecule has 2 heterocycles. The molecule has 0 aliphatic carbocycles. The van der Waals surface area contributed by atoms with Gasteiger partial charge in [-0.15, -0.1) is 11.3 Å². The molecular weight excluding hydrogens is 499 g/mol. The summed E-state index contributed by atoms with van der Waals surface area (Å²) in [6.45, 7) is 1.75. The van der Waals surface area contributed by atoms with Crippen LogP contribution in [-0.2, 0) is 10.0 Å². The molecule has 1 aromatic heterocycles. The smallest absolute Gasteiger partial charge is 0.271 e. The number of benzene rings is 2. The van der Waals surface area contributed by atoms with E-state index in [-0.39, 0.29) is 10.3 Å². The van der Waals surface area contributed by atoms with Gasteiger partial charge in [-0.3, -0.25) is 4.72 Å². The first-order chi connectivity index (χ1) is 14.7. The van der Waals surface area contributed by atoms with Crippen LogP contribution in [0.4, 0.5) is 5.69 Å². The van der Waals surface area contributed by atoms with Crippen molar-refractivity contribution in [3.05, 3.63) is 63.6 Å². The number of sulfonamides is 1. The fourth-order valence-electron chi connectivity index (χ4n) is 3.31. The summed E-state index contributed by atoms with van der Waals surface area (Å²) in [7, 11) is -1.82. The Bertz CT molecular complexity index is 1200. The van der Waals surface area contributed by atoms with E-state index in [2.05, 4.69) is 9.62 Å². The molecule has 1 aliphatic rings. The molecule has 0 bridgehead atoms. The molecule has 0 unspecified atom stereocenters. The van der Waals surface area contributed by atoms with Gasteiger partial charge in [0.25, 0.3) is 10.0 Å². The molecule has 3 aromatic rings. The van der Waals surface area contributed by atoms with E-state index in [1.807, 2.05) is 7.05 Å². The standard InChI is InChI=1S/C21H19Cl3N2O3S2/c1-26-9-8-16(12-26)29-19-10-15(6-7-17(19)23)25-31(27,28)20-11-18(24)21(30-20)13-2-4-14(22)5-3-13/h2-7,10-11,16,25H,8-9,12H2,1H3/t16-/m1/s1. The first-order valence-electron chi connectivity index (χ1n) is 9.44. The number of likely N-dealkylation sites (N-methyl/N-ethyl adjacent to an activating group) is 1. The molecule has 5 nitrogen and oxygen atoms in total. The maximum absolute atomic E-state index is 13.0. The van der Waals surface area contributed by atoms with Crippen LogP contribution in [0.3, 0.4) is 0 Å². The maximum Gasteiger partial charge on any atom is 0.271 e. The number of anilines is 1. The van der Waals surface area contributed by atoms with Crippen LogP contribution >= 0.6 is 46.1 Å². The zero-order valence-electron chi connectivity index (χ0n) is 16.4. The Morgan fingerprint density at radius 3 is 2.48 bits per heavy atom. The monoisotopic (exact) mass is 516 g/mol. The van der Waals surface area contributed by atoms with Crippen LogP contribution in [0.5, 0.6) is 5.75 Å². The molecule has 4 rings (SSSR count). The van der Waals surface area contributed by atoms with Gasteiger partial charge in [0.15, 0.2) is 0 Å². The minimum atomic E-state index is -3.85. The highest BCUT2D eigenvalue weighted by molar-refractivity contribution is 7.94. The van der Waals surface area contributed by atoms with Gasteiger partial charge in [0, 0.05) is 24.2 Å². The van der Waals surface area contributed by atoms with Gasteiger partial charge in [-0.2, -0.15) is 0 Å². The lowest BCUT2D eigenvalue weighted by molar-refractivity contribution is 0.208. The first kappa shape index (κ1) is 22.7. The van der Waals surface area contributed by atoms with Crippen LogP contribution in [-0.4, -0.2) is 39.6 Å². The Kier molecular flexibility index (Phi) is 6.72. The van der Waals surface area contributed by atoms with Gasteiger partial charge in [-0.05, 0) is 49.4 Å². The quantitative estimate of drug-likeness (QED) is 0.419. The van der Waals surface area contributed by atoms with Crippen molar-refractivity contribution < 1.29 is 13.2 Å². The highest BCUT2D eigenvalue weighted by Gasteiger charge is 2.24. The molecule has 31 heavy (non-hydrogen) atoms. The fraction of sp³-hybridized carbons (Fsp3) is 0.238. The van der Waals surface area contributed by atoms with Crippen molar-refractivity contribution in [3.8, 4) is 16.2 Å². The SMILES string of the molecule is CN1CC[C@@H](Oc2cc(NS(=O)(=O)c3cc(Cl)c(-c4ccc(Cl)cc4)s3)ccc2Cl)C1. The zero-order valence-corrected chi connectivity index (χ0v) is 20.3. The van der Waals surface area contributed by atoms with Gasteiger partial charge in [0.1, 0.15) is 16.1 Å². The summed E-state index contributed by atoms with van der Waals surface area (Å²) in [5.74, 6) is 0.452. The zero-order chi connectivity index (χ0) is 22.2. The average Bonchev–Trinajstić information content (AvgIpc) is 3.31. The summed E-state index contributed by atoms with van der Waals surface area (Å²) < 4.78 is 34.6. The third kappa shape index (κ3) is 5.30. The molecule has 0 saturated carbocycles. The fourth-order valence-corrected chi connectivity index (χ4v) is 6.48. The van der Waals surface area contributed by atoms with E-state index in [4.69, 9.17) is 39.5 Å². The van der Waals surface area contributed by atoms with Gasteiger partial charge < -0.3 is 9.64 Å². The first-order valence-corrected chi connectivity index (χ1v) is 12.9. The minimum Gasteiger partial charge on any atom is -0.487 e. The van der Waals surface area contributed by atoms with E-state index in [9.17, 15) is 8.42 Å². The number of thiophene rings is 1. The largest absolute Gasteiger partial charge is 0.487 e. The molecule has 0 amide bonds. The van der Waals surface area contributed by atoms with Crippen LogP contribution in [0.25, 0.3) is 10.4 Å². The van der Waals surface area contributed by atoms with Crippen LogP contribution in [0, 0.1) is 0 Å². The van der Waals surface area contributed by atoms with Crippen molar-refractivity contribution in [3.63, 3.8) is 0 Å². The highest BCUT2D eigenvalue weighted by atomic mass is 35.5. The van der Waals surface area contributed by atoms with E-state index in [0.29, 0.717) is 31.4 Å². The van der Waals surface area contributed by atoms with Gasteiger partial charge in [0.2, 0.25) is 0 Å². The Hall–Kier alpha value is -1.48. The number of nitrogens with zero attached hydrogens (tertiary/aromatic N) is 1. The van der Waals surface area contributed by atoms with Gasteiger partial charge in [-0.25, -0.2) is 8.42 Å². The second kappa shape index (κ2) is 9.17. The Morgan fingerprint density at radius 1 is 1.06 bits per heavy atom. The second-order valence-electron chi connectivity index (χ2n) is 7.29. The third-order valence-electron chi connectivity index (χ3n) is 4.86. The topological polar surface area (TPSA) is 58.6 Å². The average molecular weight is 518 g/mol. The van der Waals surface area contributed by atoms with Gasteiger partial charge in [-0.1, -0.05) is 46.9 Å². The minimum absolute atomic E-state index is 0.0207. The van der Waals surface area contributed by atoms with E-state index < -0.39 is 10.0 Å². The molecule has 1 saturated heterocycles. The number of hydrogen-bond donors (Lipinski definition) is 1. The molecular formula is C21H19Cl3N2O3S2. The number of halogens is 3. The van der Waals surface area contributed by atoms with Crippen molar-refractivity contribution in [2.75, 3.05) is 24.9 Å². The molecule has 2 aromatic carbocycles. The summed E-state index contributed by atoms with van der Waals surface area (Å²) in [5.41, 5.74) is 1.16. The Labute approximate surface area is 200 Å². The van der Waals surface area contributed by atoms with Crippen molar-refractivity contribution in [1.29, 1.82) is 0 Å². The molecule has 0 radical (unpaired) electrons. The van der Waals surface area contributed by atoms with E-state index in [1.165, 1.54) is 6.07 Å². The third-order valence-corrected chi connectivity index (χ3v) is 8.87. The predicted octanol–water partition coefficient (Wildman–Crippen LogP) is 6.26. The lowest BCUT2D eigenvalue weighted by atomic mass is 10.2. The van der Waals surface area contributed by atoms with E-state index >= 15 is 0 Å². The molecule has 1 N–H and O–H groups in total. The van der Waals surface area contributed by atoms with Gasteiger partial charge >= 0.3 is 0 Å². The maximum atomic E-state index is 13.0. The highest BCUT2D eigenvalue weighted by Crippen LogP contribution is 2.39. The number of ether oxygens (including phenoxy) is 1. The lowest BCUT2D eigenvalue weighted by Crippen LogP contribution is -2.21.